The molecule has 0 bridgehead atoms. The van der Waals surface area contributed by atoms with Crippen molar-refractivity contribution in [3.8, 4) is 0 Å². The second-order valence-corrected chi connectivity index (χ2v) is 4.40. The molecule has 2 rings (SSSR count). The minimum absolute atomic E-state index is 0.0960. The van der Waals surface area contributed by atoms with Gasteiger partial charge in [-0.3, -0.25) is 4.79 Å². The van der Waals surface area contributed by atoms with E-state index in [-0.39, 0.29) is 5.97 Å². The third-order valence-corrected chi connectivity index (χ3v) is 3.27. The van der Waals surface area contributed by atoms with Gasteiger partial charge in [-0.15, -0.1) is 0 Å². The molecule has 0 N–H and O–H groups in total. The van der Waals surface area contributed by atoms with Gasteiger partial charge in [-0.2, -0.15) is 0 Å². The van der Waals surface area contributed by atoms with E-state index in [2.05, 4.69) is 9.88 Å². The van der Waals surface area contributed by atoms with Gasteiger partial charge in [0.1, 0.15) is 5.82 Å². The Kier molecular flexibility index (Phi) is 3.96. The van der Waals surface area contributed by atoms with E-state index in [1.807, 2.05) is 24.4 Å². The van der Waals surface area contributed by atoms with Crippen LogP contribution in [-0.2, 0) is 9.53 Å². The molecule has 0 amide bonds. The lowest BCUT2D eigenvalue weighted by Crippen LogP contribution is -2.34. The SMILES string of the molecule is COC(=O)CC1CCN(c2ccccn2)CC1. The van der Waals surface area contributed by atoms with Crippen molar-refractivity contribution in [2.75, 3.05) is 25.1 Å². The topological polar surface area (TPSA) is 42.4 Å². The van der Waals surface area contributed by atoms with Crippen LogP contribution >= 0.6 is 0 Å². The molecule has 1 aromatic heterocycles. The first kappa shape index (κ1) is 11.9. The molecule has 0 aliphatic carbocycles. The summed E-state index contributed by atoms with van der Waals surface area (Å²) >= 11 is 0. The number of ether oxygens (including phenoxy) is 1. The van der Waals surface area contributed by atoms with Crippen molar-refractivity contribution in [2.24, 2.45) is 5.92 Å². The number of esters is 1. The number of methoxy groups -OCH3 is 1. The second kappa shape index (κ2) is 5.66. The van der Waals surface area contributed by atoms with E-state index in [1.54, 1.807) is 0 Å². The highest BCUT2D eigenvalue weighted by Crippen LogP contribution is 2.23. The minimum Gasteiger partial charge on any atom is -0.469 e. The standard InChI is InChI=1S/C13H18N2O2/c1-17-13(16)10-11-5-8-15(9-6-11)12-4-2-3-7-14-12/h2-4,7,11H,5-6,8-10H2,1H3. The predicted molar refractivity (Wildman–Crippen MR) is 65.8 cm³/mol. The first-order chi connectivity index (χ1) is 8.29. The molecule has 1 saturated heterocycles. The van der Waals surface area contributed by atoms with Gasteiger partial charge >= 0.3 is 5.97 Å². The van der Waals surface area contributed by atoms with Gasteiger partial charge in [0.05, 0.1) is 7.11 Å². The Morgan fingerprint density at radius 2 is 2.24 bits per heavy atom. The second-order valence-electron chi connectivity index (χ2n) is 4.40. The van der Waals surface area contributed by atoms with Crippen LogP contribution in [0.25, 0.3) is 0 Å². The number of nitrogens with zero attached hydrogens (tertiary/aromatic N) is 2. The summed E-state index contributed by atoms with van der Waals surface area (Å²) in [5.74, 6) is 1.40. The van der Waals surface area contributed by atoms with Crippen molar-refractivity contribution in [3.05, 3.63) is 24.4 Å². The summed E-state index contributed by atoms with van der Waals surface area (Å²) < 4.78 is 4.70. The van der Waals surface area contributed by atoms with E-state index in [0.29, 0.717) is 12.3 Å². The normalized spacial score (nSPS) is 16.9. The lowest BCUT2D eigenvalue weighted by molar-refractivity contribution is -0.141. The number of hydrogen-bond acceptors (Lipinski definition) is 4. The van der Waals surface area contributed by atoms with E-state index >= 15 is 0 Å². The molecule has 1 fully saturated rings. The number of rotatable bonds is 3. The monoisotopic (exact) mass is 234 g/mol. The summed E-state index contributed by atoms with van der Waals surface area (Å²) in [6.07, 6.45) is 4.43. The molecule has 1 aromatic rings. The quantitative estimate of drug-likeness (QED) is 0.749. The van der Waals surface area contributed by atoms with E-state index in [0.717, 1.165) is 31.7 Å². The van der Waals surface area contributed by atoms with Crippen molar-refractivity contribution in [3.63, 3.8) is 0 Å². The smallest absolute Gasteiger partial charge is 0.305 e. The van der Waals surface area contributed by atoms with Gasteiger partial charge in [0.25, 0.3) is 0 Å². The molecule has 17 heavy (non-hydrogen) atoms. The first-order valence-corrected chi connectivity index (χ1v) is 6.02. The Morgan fingerprint density at radius 1 is 1.47 bits per heavy atom. The van der Waals surface area contributed by atoms with Gasteiger partial charge in [-0.25, -0.2) is 4.98 Å². The summed E-state index contributed by atoms with van der Waals surface area (Å²) in [7, 11) is 1.45. The largest absolute Gasteiger partial charge is 0.469 e. The molecule has 0 spiro atoms. The zero-order valence-electron chi connectivity index (χ0n) is 10.1. The molecule has 0 aromatic carbocycles. The fraction of sp³-hybridized carbons (Fsp3) is 0.538. The first-order valence-electron chi connectivity index (χ1n) is 6.02. The van der Waals surface area contributed by atoms with Crippen molar-refractivity contribution in [1.82, 2.24) is 4.98 Å². The van der Waals surface area contributed by atoms with Crippen molar-refractivity contribution >= 4 is 11.8 Å². The highest BCUT2D eigenvalue weighted by atomic mass is 16.5. The number of anilines is 1. The third-order valence-electron chi connectivity index (χ3n) is 3.27. The molecule has 4 nitrogen and oxygen atoms in total. The molecule has 0 unspecified atom stereocenters. The minimum atomic E-state index is -0.0960. The summed E-state index contributed by atoms with van der Waals surface area (Å²) in [5, 5.41) is 0. The van der Waals surface area contributed by atoms with Gasteiger partial charge in [0, 0.05) is 25.7 Å². The van der Waals surface area contributed by atoms with Crippen molar-refractivity contribution in [2.45, 2.75) is 19.3 Å². The van der Waals surface area contributed by atoms with Crippen molar-refractivity contribution < 1.29 is 9.53 Å². The third kappa shape index (κ3) is 3.19. The maximum atomic E-state index is 11.2. The average molecular weight is 234 g/mol. The Labute approximate surface area is 102 Å². The lowest BCUT2D eigenvalue weighted by Gasteiger charge is -2.32. The van der Waals surface area contributed by atoms with E-state index in [4.69, 9.17) is 4.74 Å². The highest BCUT2D eigenvalue weighted by molar-refractivity contribution is 5.69. The molecule has 1 aliphatic rings. The van der Waals surface area contributed by atoms with Crippen molar-refractivity contribution in [1.29, 1.82) is 0 Å². The van der Waals surface area contributed by atoms with Crippen LogP contribution in [0.3, 0.4) is 0 Å². The molecule has 92 valence electrons. The summed E-state index contributed by atoms with van der Waals surface area (Å²) in [6.45, 7) is 1.94. The fourth-order valence-corrected chi connectivity index (χ4v) is 2.23. The lowest BCUT2D eigenvalue weighted by atomic mass is 9.93. The van der Waals surface area contributed by atoms with Crippen LogP contribution in [0.15, 0.2) is 24.4 Å². The molecule has 1 aliphatic heterocycles. The zero-order valence-corrected chi connectivity index (χ0v) is 10.1. The number of pyridine rings is 1. The van der Waals surface area contributed by atoms with E-state index in [9.17, 15) is 4.79 Å². The zero-order chi connectivity index (χ0) is 12.1. The molecular formula is C13H18N2O2. The van der Waals surface area contributed by atoms with Crippen LogP contribution in [0, 0.1) is 5.92 Å². The molecule has 0 saturated carbocycles. The summed E-state index contributed by atoms with van der Waals surface area (Å²) in [4.78, 5) is 17.8. The van der Waals surface area contributed by atoms with Gasteiger partial charge in [-0.1, -0.05) is 6.07 Å². The van der Waals surface area contributed by atoms with Gasteiger partial charge < -0.3 is 9.64 Å². The fourth-order valence-electron chi connectivity index (χ4n) is 2.23. The Morgan fingerprint density at radius 3 is 2.82 bits per heavy atom. The maximum Gasteiger partial charge on any atom is 0.305 e. The Hall–Kier alpha value is -1.58. The molecule has 4 heteroatoms. The summed E-state index contributed by atoms with van der Waals surface area (Å²) in [6, 6.07) is 5.96. The number of carbonyl (C=O) groups is 1. The van der Waals surface area contributed by atoms with Crippen LogP contribution < -0.4 is 4.90 Å². The van der Waals surface area contributed by atoms with Crippen LogP contribution in [0.4, 0.5) is 5.82 Å². The number of hydrogen-bond donors (Lipinski definition) is 0. The van der Waals surface area contributed by atoms with E-state index < -0.39 is 0 Å². The molecule has 0 radical (unpaired) electrons. The molecule has 2 heterocycles. The maximum absolute atomic E-state index is 11.2. The number of aromatic nitrogens is 1. The molecular weight excluding hydrogens is 216 g/mol. The Balaban J connectivity index is 1.84. The van der Waals surface area contributed by atoms with Crippen LogP contribution in [0.1, 0.15) is 19.3 Å². The van der Waals surface area contributed by atoms with E-state index in [1.165, 1.54) is 7.11 Å². The van der Waals surface area contributed by atoms with Crippen LogP contribution in [-0.4, -0.2) is 31.2 Å². The highest BCUT2D eigenvalue weighted by Gasteiger charge is 2.22. The van der Waals surface area contributed by atoms with Crippen LogP contribution in [0.5, 0.6) is 0 Å². The Bertz CT molecular complexity index is 359. The van der Waals surface area contributed by atoms with Crippen LogP contribution in [0.2, 0.25) is 0 Å². The van der Waals surface area contributed by atoms with Gasteiger partial charge in [0.15, 0.2) is 0 Å². The number of piperidine rings is 1. The number of carbonyl (C=O) groups excluding carboxylic acids is 1. The van der Waals surface area contributed by atoms with Gasteiger partial charge in [-0.05, 0) is 30.9 Å². The summed E-state index contributed by atoms with van der Waals surface area (Å²) in [5.41, 5.74) is 0. The predicted octanol–water partition coefficient (Wildman–Crippen LogP) is 1.86. The van der Waals surface area contributed by atoms with Gasteiger partial charge in [0.2, 0.25) is 0 Å². The molecule has 0 atom stereocenters. The average Bonchev–Trinajstić information content (AvgIpc) is 2.40.